The molecule has 174 valence electrons. The van der Waals surface area contributed by atoms with Crippen LogP contribution >= 0.6 is 0 Å². The summed E-state index contributed by atoms with van der Waals surface area (Å²) < 4.78 is 15.5. The van der Waals surface area contributed by atoms with Gasteiger partial charge in [-0.3, -0.25) is 14.4 Å². The minimum Gasteiger partial charge on any atom is -0.497 e. The van der Waals surface area contributed by atoms with Crippen LogP contribution in [0.3, 0.4) is 0 Å². The van der Waals surface area contributed by atoms with Crippen LogP contribution in [0.1, 0.15) is 18.4 Å². The van der Waals surface area contributed by atoms with E-state index in [1.807, 2.05) is 30.3 Å². The summed E-state index contributed by atoms with van der Waals surface area (Å²) in [4.78, 5) is 38.7. The molecule has 0 saturated carbocycles. The maximum absolute atomic E-state index is 12.4. The molecule has 1 N–H and O–H groups in total. The molecule has 2 aromatic carbocycles. The second kappa shape index (κ2) is 11.7. The molecule has 8 nitrogen and oxygen atoms in total. The number of hydrogen-bond donors (Lipinski definition) is 1. The average Bonchev–Trinajstić information content (AvgIpc) is 2.86. The summed E-state index contributed by atoms with van der Waals surface area (Å²) in [7, 11) is 3.03. The van der Waals surface area contributed by atoms with Crippen LogP contribution in [0.5, 0.6) is 11.5 Å². The van der Waals surface area contributed by atoms with Crippen molar-refractivity contribution in [3.05, 3.63) is 60.2 Å². The van der Waals surface area contributed by atoms with Crippen LogP contribution < -0.4 is 14.8 Å². The Hall–Kier alpha value is -3.81. The van der Waals surface area contributed by atoms with Gasteiger partial charge in [0, 0.05) is 43.1 Å². The monoisotopic (exact) mass is 452 g/mol. The molecule has 0 aliphatic carbocycles. The highest BCUT2D eigenvalue weighted by molar-refractivity contribution is 5.93. The summed E-state index contributed by atoms with van der Waals surface area (Å²) in [6.45, 7) is 0.540. The summed E-state index contributed by atoms with van der Waals surface area (Å²) in [5, 5.41) is 2.66. The second-order valence-electron chi connectivity index (χ2n) is 7.60. The molecule has 0 aromatic heterocycles. The first-order valence-corrected chi connectivity index (χ1v) is 10.7. The summed E-state index contributed by atoms with van der Waals surface area (Å²) in [5.74, 6) is -0.253. The van der Waals surface area contributed by atoms with E-state index in [4.69, 9.17) is 14.2 Å². The van der Waals surface area contributed by atoms with E-state index in [1.54, 1.807) is 35.3 Å². The third-order valence-electron chi connectivity index (χ3n) is 5.34. The Kier molecular flexibility index (Phi) is 8.46. The number of rotatable bonds is 8. The summed E-state index contributed by atoms with van der Waals surface area (Å²) in [6.07, 6.45) is 4.32. The SMILES string of the molecule is COc1cc(NC(=O)COC(=O)C2CCN(C(=O)/C=C/c3ccccc3)CC2)cc(OC)c1. The first kappa shape index (κ1) is 23.8. The molecule has 0 bridgehead atoms. The van der Waals surface area contributed by atoms with Gasteiger partial charge in [0.1, 0.15) is 11.5 Å². The van der Waals surface area contributed by atoms with Crippen LogP contribution in [-0.4, -0.2) is 56.6 Å². The van der Waals surface area contributed by atoms with Crippen molar-refractivity contribution in [2.75, 3.05) is 39.2 Å². The number of nitrogens with one attached hydrogen (secondary N) is 1. The fraction of sp³-hybridized carbons (Fsp3) is 0.320. The number of methoxy groups -OCH3 is 2. The van der Waals surface area contributed by atoms with Crippen LogP contribution in [-0.2, 0) is 19.1 Å². The number of piperidine rings is 1. The lowest BCUT2D eigenvalue weighted by Gasteiger charge is -2.30. The Bertz CT molecular complexity index is 975. The van der Waals surface area contributed by atoms with Crippen LogP contribution in [0, 0.1) is 5.92 Å². The molecule has 8 heteroatoms. The van der Waals surface area contributed by atoms with Crippen molar-refractivity contribution < 1.29 is 28.6 Å². The van der Waals surface area contributed by atoms with Gasteiger partial charge in [0.05, 0.1) is 20.1 Å². The minimum atomic E-state index is -0.461. The highest BCUT2D eigenvalue weighted by Crippen LogP contribution is 2.26. The van der Waals surface area contributed by atoms with Gasteiger partial charge in [-0.15, -0.1) is 0 Å². The highest BCUT2D eigenvalue weighted by atomic mass is 16.5. The van der Waals surface area contributed by atoms with Gasteiger partial charge in [-0.1, -0.05) is 30.3 Å². The summed E-state index contributed by atoms with van der Waals surface area (Å²) >= 11 is 0. The number of anilines is 1. The molecule has 1 heterocycles. The predicted octanol–water partition coefficient (Wildman–Crippen LogP) is 3.14. The smallest absolute Gasteiger partial charge is 0.309 e. The fourth-order valence-corrected chi connectivity index (χ4v) is 3.50. The summed E-state index contributed by atoms with van der Waals surface area (Å²) in [6, 6.07) is 14.6. The molecule has 1 aliphatic rings. The minimum absolute atomic E-state index is 0.0845. The average molecular weight is 453 g/mol. The number of esters is 1. The van der Waals surface area contributed by atoms with E-state index in [0.717, 1.165) is 5.56 Å². The van der Waals surface area contributed by atoms with E-state index in [0.29, 0.717) is 43.1 Å². The van der Waals surface area contributed by atoms with E-state index in [-0.39, 0.29) is 11.8 Å². The molecular formula is C25H28N2O6. The zero-order valence-electron chi connectivity index (χ0n) is 18.8. The fourth-order valence-electron chi connectivity index (χ4n) is 3.50. The first-order chi connectivity index (χ1) is 16.0. The largest absolute Gasteiger partial charge is 0.497 e. The van der Waals surface area contributed by atoms with Crippen molar-refractivity contribution in [1.29, 1.82) is 0 Å². The molecule has 0 radical (unpaired) electrons. The molecule has 1 fully saturated rings. The number of amides is 2. The van der Waals surface area contributed by atoms with Crippen molar-refractivity contribution in [2.45, 2.75) is 12.8 Å². The number of nitrogens with zero attached hydrogens (tertiary/aromatic N) is 1. The predicted molar refractivity (Wildman–Crippen MR) is 124 cm³/mol. The lowest BCUT2D eigenvalue weighted by atomic mass is 9.97. The molecule has 33 heavy (non-hydrogen) atoms. The van der Waals surface area contributed by atoms with Crippen LogP contribution in [0.15, 0.2) is 54.6 Å². The second-order valence-corrected chi connectivity index (χ2v) is 7.60. The van der Waals surface area contributed by atoms with Gasteiger partial charge in [0.2, 0.25) is 5.91 Å². The van der Waals surface area contributed by atoms with Crippen molar-refractivity contribution in [1.82, 2.24) is 4.90 Å². The number of ether oxygens (including phenoxy) is 3. The van der Waals surface area contributed by atoms with E-state index in [9.17, 15) is 14.4 Å². The Balaban J connectivity index is 1.42. The molecule has 2 amide bonds. The van der Waals surface area contributed by atoms with Gasteiger partial charge in [-0.25, -0.2) is 0 Å². The van der Waals surface area contributed by atoms with Gasteiger partial charge in [0.25, 0.3) is 5.91 Å². The molecule has 0 atom stereocenters. The molecule has 0 spiro atoms. The normalized spacial score (nSPS) is 14.1. The van der Waals surface area contributed by atoms with E-state index >= 15 is 0 Å². The van der Waals surface area contributed by atoms with Gasteiger partial charge >= 0.3 is 5.97 Å². The Labute approximate surface area is 193 Å². The maximum atomic E-state index is 12.4. The quantitative estimate of drug-likeness (QED) is 0.489. The molecule has 2 aromatic rings. The zero-order chi connectivity index (χ0) is 23.6. The van der Waals surface area contributed by atoms with E-state index < -0.39 is 18.5 Å². The number of likely N-dealkylation sites (tertiary alicyclic amines) is 1. The number of hydrogen-bond acceptors (Lipinski definition) is 6. The number of benzene rings is 2. The molecule has 1 aliphatic heterocycles. The lowest BCUT2D eigenvalue weighted by molar-refractivity contribution is -0.153. The first-order valence-electron chi connectivity index (χ1n) is 10.7. The van der Waals surface area contributed by atoms with Crippen LogP contribution in [0.2, 0.25) is 0 Å². The standard InChI is InChI=1S/C25H28N2O6/c1-31-21-14-20(15-22(16-21)32-2)26-23(28)17-33-25(30)19-10-12-27(13-11-19)24(29)9-8-18-6-4-3-5-7-18/h3-9,14-16,19H,10-13,17H2,1-2H3,(H,26,28)/b9-8+. The van der Waals surface area contributed by atoms with Gasteiger partial charge in [-0.2, -0.15) is 0 Å². The van der Waals surface area contributed by atoms with Gasteiger partial charge in [-0.05, 0) is 24.5 Å². The lowest BCUT2D eigenvalue weighted by Crippen LogP contribution is -2.40. The Morgan fingerprint density at radius 2 is 1.64 bits per heavy atom. The van der Waals surface area contributed by atoms with Crippen LogP contribution in [0.4, 0.5) is 5.69 Å². The van der Waals surface area contributed by atoms with Gasteiger partial charge < -0.3 is 24.4 Å². The zero-order valence-corrected chi connectivity index (χ0v) is 18.8. The third-order valence-corrected chi connectivity index (χ3v) is 5.34. The maximum Gasteiger partial charge on any atom is 0.309 e. The highest BCUT2D eigenvalue weighted by Gasteiger charge is 2.28. The van der Waals surface area contributed by atoms with Crippen molar-refractivity contribution in [3.63, 3.8) is 0 Å². The molecule has 0 unspecified atom stereocenters. The van der Waals surface area contributed by atoms with Gasteiger partial charge in [0.15, 0.2) is 6.61 Å². The Morgan fingerprint density at radius 1 is 1.00 bits per heavy atom. The molecule has 3 rings (SSSR count). The van der Waals surface area contributed by atoms with Crippen molar-refractivity contribution in [2.24, 2.45) is 5.92 Å². The van der Waals surface area contributed by atoms with E-state index in [1.165, 1.54) is 14.2 Å². The molecular weight excluding hydrogens is 424 g/mol. The van der Waals surface area contributed by atoms with Crippen molar-refractivity contribution >= 4 is 29.5 Å². The van der Waals surface area contributed by atoms with Crippen molar-refractivity contribution in [3.8, 4) is 11.5 Å². The number of carbonyl (C=O) groups excluding carboxylic acids is 3. The number of carbonyl (C=O) groups is 3. The Morgan fingerprint density at radius 3 is 2.24 bits per heavy atom. The third kappa shape index (κ3) is 7.10. The van der Waals surface area contributed by atoms with E-state index in [2.05, 4.69) is 5.32 Å². The van der Waals surface area contributed by atoms with Crippen LogP contribution in [0.25, 0.3) is 6.08 Å². The topological polar surface area (TPSA) is 94.2 Å². The molecule has 1 saturated heterocycles. The summed E-state index contributed by atoms with van der Waals surface area (Å²) in [5.41, 5.74) is 1.43.